The van der Waals surface area contributed by atoms with Gasteiger partial charge in [0, 0.05) is 17.5 Å². The molecule has 1 aromatic rings. The second kappa shape index (κ2) is 6.11. The maximum absolute atomic E-state index is 11.6. The molecule has 5 heteroatoms. The van der Waals surface area contributed by atoms with Gasteiger partial charge in [-0.3, -0.25) is 4.79 Å². The van der Waals surface area contributed by atoms with Gasteiger partial charge in [-0.2, -0.15) is 0 Å². The summed E-state index contributed by atoms with van der Waals surface area (Å²) in [5, 5.41) is 12.0. The minimum Gasteiger partial charge on any atom is -0.508 e. The first-order valence-corrected chi connectivity index (χ1v) is 7.08. The monoisotopic (exact) mass is 266 g/mol. The van der Waals surface area contributed by atoms with E-state index < -0.39 is 0 Å². The third-order valence-corrected chi connectivity index (χ3v) is 3.98. The van der Waals surface area contributed by atoms with Gasteiger partial charge in [0.05, 0.1) is 5.75 Å². The van der Waals surface area contributed by atoms with Crippen LogP contribution in [0.15, 0.2) is 29.2 Å². The number of rotatable bonds is 6. The fraction of sp³-hybridized carbons (Fsp3) is 0.462. The van der Waals surface area contributed by atoms with Crippen LogP contribution >= 0.6 is 11.8 Å². The lowest BCUT2D eigenvalue weighted by Crippen LogP contribution is -2.39. The van der Waals surface area contributed by atoms with Crippen molar-refractivity contribution in [2.24, 2.45) is 11.7 Å². The van der Waals surface area contributed by atoms with E-state index in [0.717, 1.165) is 4.90 Å². The second-order valence-electron chi connectivity index (χ2n) is 4.59. The molecule has 1 aromatic carbocycles. The van der Waals surface area contributed by atoms with Crippen LogP contribution in [0, 0.1) is 5.92 Å². The van der Waals surface area contributed by atoms with Gasteiger partial charge in [-0.1, -0.05) is 0 Å². The molecule has 1 unspecified atom stereocenters. The predicted molar refractivity (Wildman–Crippen MR) is 72.5 cm³/mol. The second-order valence-corrected chi connectivity index (χ2v) is 5.64. The summed E-state index contributed by atoms with van der Waals surface area (Å²) in [5.74, 6) is 1.22. The molecule has 0 heterocycles. The summed E-state index contributed by atoms with van der Waals surface area (Å²) in [4.78, 5) is 12.6. The summed E-state index contributed by atoms with van der Waals surface area (Å²) >= 11 is 1.45. The molecule has 0 bridgehead atoms. The molecule has 1 aliphatic carbocycles. The van der Waals surface area contributed by atoms with E-state index in [1.807, 2.05) is 0 Å². The van der Waals surface area contributed by atoms with Crippen molar-refractivity contribution >= 4 is 17.7 Å². The number of carbonyl (C=O) groups excluding carboxylic acids is 1. The topological polar surface area (TPSA) is 75.3 Å². The summed E-state index contributed by atoms with van der Waals surface area (Å²) in [6, 6.07) is 6.92. The molecule has 0 aliphatic heterocycles. The van der Waals surface area contributed by atoms with Gasteiger partial charge in [-0.25, -0.2) is 0 Å². The molecule has 4 nitrogen and oxygen atoms in total. The summed E-state index contributed by atoms with van der Waals surface area (Å²) in [7, 11) is 0. The maximum Gasteiger partial charge on any atom is 0.230 e. The minimum absolute atomic E-state index is 0.00387. The Morgan fingerprint density at radius 2 is 2.11 bits per heavy atom. The average molecular weight is 266 g/mol. The van der Waals surface area contributed by atoms with Gasteiger partial charge in [-0.05, 0) is 43.0 Å². The smallest absolute Gasteiger partial charge is 0.230 e. The first kappa shape index (κ1) is 13.2. The first-order chi connectivity index (χ1) is 8.65. The van der Waals surface area contributed by atoms with E-state index in [2.05, 4.69) is 5.32 Å². The molecule has 1 amide bonds. The lowest BCUT2D eigenvalue weighted by molar-refractivity contribution is -0.118. The number of thioether (sulfide) groups is 1. The zero-order chi connectivity index (χ0) is 13.0. The molecule has 0 saturated heterocycles. The van der Waals surface area contributed by atoms with Gasteiger partial charge in [0.25, 0.3) is 0 Å². The van der Waals surface area contributed by atoms with Crippen LogP contribution in [0.1, 0.15) is 12.8 Å². The van der Waals surface area contributed by atoms with Gasteiger partial charge in [-0.15, -0.1) is 11.8 Å². The van der Waals surface area contributed by atoms with Gasteiger partial charge in [0.2, 0.25) is 5.91 Å². The highest BCUT2D eigenvalue weighted by molar-refractivity contribution is 8.00. The van der Waals surface area contributed by atoms with Crippen LogP contribution in [0.5, 0.6) is 5.75 Å². The zero-order valence-corrected chi connectivity index (χ0v) is 11.0. The Labute approximate surface area is 111 Å². The molecule has 0 radical (unpaired) electrons. The lowest BCUT2D eigenvalue weighted by Gasteiger charge is -2.11. The third-order valence-electron chi connectivity index (χ3n) is 2.97. The van der Waals surface area contributed by atoms with E-state index in [0.29, 0.717) is 18.2 Å². The van der Waals surface area contributed by atoms with E-state index >= 15 is 0 Å². The number of nitrogens with one attached hydrogen (secondary N) is 1. The Bertz CT molecular complexity index is 404. The van der Waals surface area contributed by atoms with Crippen LogP contribution in [0.25, 0.3) is 0 Å². The number of carbonyl (C=O) groups is 1. The molecule has 2 rings (SSSR count). The number of benzene rings is 1. The highest BCUT2D eigenvalue weighted by atomic mass is 32.2. The highest BCUT2D eigenvalue weighted by Gasteiger charge is 2.28. The molecule has 1 atom stereocenters. The molecule has 1 aliphatic rings. The van der Waals surface area contributed by atoms with Crippen molar-refractivity contribution in [2.75, 3.05) is 12.3 Å². The molecular formula is C13H18N2O2S. The van der Waals surface area contributed by atoms with Crippen LogP contribution in [-0.2, 0) is 4.79 Å². The van der Waals surface area contributed by atoms with Crippen LogP contribution < -0.4 is 11.1 Å². The van der Waals surface area contributed by atoms with Crippen LogP contribution in [0.3, 0.4) is 0 Å². The molecule has 0 spiro atoms. The molecule has 98 valence electrons. The van der Waals surface area contributed by atoms with E-state index in [1.54, 1.807) is 24.3 Å². The molecule has 4 N–H and O–H groups in total. The van der Waals surface area contributed by atoms with Crippen molar-refractivity contribution in [1.82, 2.24) is 5.32 Å². The van der Waals surface area contributed by atoms with Crippen molar-refractivity contribution in [3.05, 3.63) is 24.3 Å². The SMILES string of the molecule is NC(CNC(=O)CSc1ccc(O)cc1)C1CC1. The van der Waals surface area contributed by atoms with E-state index in [4.69, 9.17) is 10.8 Å². The van der Waals surface area contributed by atoms with E-state index in [1.165, 1.54) is 24.6 Å². The summed E-state index contributed by atoms with van der Waals surface area (Å²) < 4.78 is 0. The Morgan fingerprint density at radius 1 is 1.44 bits per heavy atom. The number of phenolic OH excluding ortho intramolecular Hbond substituents is 1. The van der Waals surface area contributed by atoms with Crippen molar-refractivity contribution in [3.63, 3.8) is 0 Å². The number of amides is 1. The lowest BCUT2D eigenvalue weighted by atomic mass is 10.2. The van der Waals surface area contributed by atoms with Crippen molar-refractivity contribution < 1.29 is 9.90 Å². The number of hydrogen-bond donors (Lipinski definition) is 3. The summed E-state index contributed by atoms with van der Waals surface area (Å²) in [6.45, 7) is 0.569. The number of aromatic hydroxyl groups is 1. The third kappa shape index (κ3) is 4.23. The van der Waals surface area contributed by atoms with E-state index in [-0.39, 0.29) is 17.7 Å². The standard InChI is InChI=1S/C13H18N2O2S/c14-12(9-1-2-9)7-15-13(17)8-18-11-5-3-10(16)4-6-11/h3-6,9,12,16H,1-2,7-8,14H2,(H,15,17). The van der Waals surface area contributed by atoms with Crippen molar-refractivity contribution in [2.45, 2.75) is 23.8 Å². The van der Waals surface area contributed by atoms with Gasteiger partial charge in [0.15, 0.2) is 0 Å². The van der Waals surface area contributed by atoms with E-state index in [9.17, 15) is 4.79 Å². The number of phenols is 1. The largest absolute Gasteiger partial charge is 0.508 e. The molecule has 18 heavy (non-hydrogen) atoms. The summed E-state index contributed by atoms with van der Waals surface area (Å²) in [5.41, 5.74) is 5.90. The number of hydrogen-bond acceptors (Lipinski definition) is 4. The van der Waals surface area contributed by atoms with Crippen LogP contribution in [0.2, 0.25) is 0 Å². The van der Waals surface area contributed by atoms with Crippen molar-refractivity contribution in [1.29, 1.82) is 0 Å². The fourth-order valence-electron chi connectivity index (χ4n) is 1.67. The Kier molecular flexibility index (Phi) is 4.49. The number of nitrogens with two attached hydrogens (primary N) is 1. The minimum atomic E-state index is 0.00387. The molecular weight excluding hydrogens is 248 g/mol. The highest BCUT2D eigenvalue weighted by Crippen LogP contribution is 2.31. The fourth-order valence-corrected chi connectivity index (χ4v) is 2.39. The predicted octanol–water partition coefficient (Wildman–Crippen LogP) is 1.34. The molecule has 0 aromatic heterocycles. The molecule has 1 fully saturated rings. The Hall–Kier alpha value is -1.20. The average Bonchev–Trinajstić information content (AvgIpc) is 3.19. The van der Waals surface area contributed by atoms with Crippen LogP contribution in [0.4, 0.5) is 0 Å². The Morgan fingerprint density at radius 3 is 2.72 bits per heavy atom. The molecule has 1 saturated carbocycles. The van der Waals surface area contributed by atoms with Gasteiger partial charge >= 0.3 is 0 Å². The quantitative estimate of drug-likeness (QED) is 0.679. The zero-order valence-electron chi connectivity index (χ0n) is 10.1. The Balaban J connectivity index is 1.66. The van der Waals surface area contributed by atoms with Crippen molar-refractivity contribution in [3.8, 4) is 5.75 Å². The normalized spacial score (nSPS) is 16.3. The maximum atomic E-state index is 11.6. The first-order valence-electron chi connectivity index (χ1n) is 6.09. The summed E-state index contributed by atoms with van der Waals surface area (Å²) in [6.07, 6.45) is 2.39. The van der Waals surface area contributed by atoms with Crippen LogP contribution in [-0.4, -0.2) is 29.4 Å². The van der Waals surface area contributed by atoms with Gasteiger partial charge < -0.3 is 16.2 Å². The van der Waals surface area contributed by atoms with Gasteiger partial charge in [0.1, 0.15) is 5.75 Å².